The second kappa shape index (κ2) is 5.55. The molecular weight excluding hydrogens is 246 g/mol. The van der Waals surface area contributed by atoms with Crippen LogP contribution in [-0.4, -0.2) is 9.55 Å². The lowest BCUT2D eigenvalue weighted by molar-refractivity contribution is 0.547. The molecule has 0 aliphatic carbocycles. The van der Waals surface area contributed by atoms with Crippen LogP contribution in [0.2, 0.25) is 5.15 Å². The molecule has 0 fully saturated rings. The fourth-order valence-corrected chi connectivity index (χ4v) is 2.16. The van der Waals surface area contributed by atoms with Gasteiger partial charge in [0.15, 0.2) is 0 Å². The lowest BCUT2D eigenvalue weighted by atomic mass is 10.0. The maximum atomic E-state index is 5.96. The van der Waals surface area contributed by atoms with E-state index in [2.05, 4.69) is 48.4 Å². The van der Waals surface area contributed by atoms with Gasteiger partial charge in [-0.25, -0.2) is 4.98 Å². The molecule has 2 rings (SSSR count). The minimum absolute atomic E-state index is 0.293. The maximum absolute atomic E-state index is 5.96. The first-order valence-corrected chi connectivity index (χ1v) is 6.42. The van der Waals surface area contributed by atoms with Crippen molar-refractivity contribution >= 4 is 11.6 Å². The molecule has 0 bridgehead atoms. The highest BCUT2D eigenvalue weighted by Crippen LogP contribution is 2.17. The van der Waals surface area contributed by atoms with Crippen molar-refractivity contribution in [2.24, 2.45) is 7.05 Å². The molecule has 0 spiro atoms. The van der Waals surface area contributed by atoms with Crippen LogP contribution in [0.1, 0.15) is 29.9 Å². The van der Waals surface area contributed by atoms with Gasteiger partial charge in [0.1, 0.15) is 11.0 Å². The van der Waals surface area contributed by atoms with Crippen molar-refractivity contribution in [1.29, 1.82) is 0 Å². The zero-order valence-electron chi connectivity index (χ0n) is 10.9. The molecule has 1 aromatic heterocycles. The Morgan fingerprint density at radius 1 is 1.39 bits per heavy atom. The predicted octanol–water partition coefficient (Wildman–Crippen LogP) is 3.23. The van der Waals surface area contributed by atoms with Crippen molar-refractivity contribution in [2.45, 2.75) is 26.4 Å². The van der Waals surface area contributed by atoms with Crippen LogP contribution < -0.4 is 5.32 Å². The number of aromatic nitrogens is 2. The first-order chi connectivity index (χ1) is 8.59. The molecule has 1 atom stereocenters. The van der Waals surface area contributed by atoms with E-state index in [1.54, 1.807) is 6.20 Å². The monoisotopic (exact) mass is 263 g/mol. The molecule has 96 valence electrons. The summed E-state index contributed by atoms with van der Waals surface area (Å²) in [4.78, 5) is 4.27. The van der Waals surface area contributed by atoms with E-state index in [9.17, 15) is 0 Å². The molecule has 1 N–H and O–H groups in total. The van der Waals surface area contributed by atoms with E-state index >= 15 is 0 Å². The molecule has 18 heavy (non-hydrogen) atoms. The van der Waals surface area contributed by atoms with Crippen molar-refractivity contribution in [1.82, 2.24) is 14.9 Å². The molecule has 0 radical (unpaired) electrons. The van der Waals surface area contributed by atoms with E-state index in [0.717, 1.165) is 5.82 Å². The van der Waals surface area contributed by atoms with E-state index in [4.69, 9.17) is 11.6 Å². The average Bonchev–Trinajstić information content (AvgIpc) is 2.68. The van der Waals surface area contributed by atoms with Gasteiger partial charge in [0, 0.05) is 13.1 Å². The highest BCUT2D eigenvalue weighted by molar-refractivity contribution is 6.29. The zero-order valence-corrected chi connectivity index (χ0v) is 11.7. The second-order valence-electron chi connectivity index (χ2n) is 4.52. The zero-order chi connectivity index (χ0) is 13.1. The van der Waals surface area contributed by atoms with Crippen LogP contribution in [0.4, 0.5) is 0 Å². The molecule has 0 unspecified atom stereocenters. The summed E-state index contributed by atoms with van der Waals surface area (Å²) in [7, 11) is 1.92. The van der Waals surface area contributed by atoms with Gasteiger partial charge in [0.2, 0.25) is 0 Å². The minimum Gasteiger partial charge on any atom is -0.321 e. The smallest absolute Gasteiger partial charge is 0.128 e. The van der Waals surface area contributed by atoms with E-state index in [1.807, 2.05) is 11.6 Å². The molecule has 4 heteroatoms. The van der Waals surface area contributed by atoms with Gasteiger partial charge >= 0.3 is 0 Å². The molecule has 3 nitrogen and oxygen atoms in total. The minimum atomic E-state index is 0.293. The fraction of sp³-hybridized carbons (Fsp3) is 0.357. The Bertz CT molecular complexity index is 534. The Morgan fingerprint density at radius 3 is 2.72 bits per heavy atom. The van der Waals surface area contributed by atoms with Gasteiger partial charge in [-0.3, -0.25) is 0 Å². The van der Waals surface area contributed by atoms with Gasteiger partial charge < -0.3 is 9.88 Å². The number of benzene rings is 1. The molecule has 0 saturated heterocycles. The van der Waals surface area contributed by atoms with Crippen molar-refractivity contribution < 1.29 is 0 Å². The number of nitrogens with one attached hydrogen (secondary N) is 1. The van der Waals surface area contributed by atoms with E-state index in [0.29, 0.717) is 17.7 Å². The van der Waals surface area contributed by atoms with Crippen molar-refractivity contribution in [3.8, 4) is 0 Å². The van der Waals surface area contributed by atoms with Gasteiger partial charge in [-0.15, -0.1) is 0 Å². The second-order valence-corrected chi connectivity index (χ2v) is 4.90. The van der Waals surface area contributed by atoms with Crippen molar-refractivity contribution in [3.05, 3.63) is 52.6 Å². The molecule has 0 saturated carbocycles. The summed E-state index contributed by atoms with van der Waals surface area (Å²) in [6.07, 6.45) is 1.68. The van der Waals surface area contributed by atoms with Gasteiger partial charge in [0.25, 0.3) is 0 Å². The number of hydrogen-bond donors (Lipinski definition) is 1. The normalized spacial score (nSPS) is 12.7. The van der Waals surface area contributed by atoms with Crippen molar-refractivity contribution in [2.75, 3.05) is 0 Å². The number of rotatable bonds is 4. The molecular formula is C14H18ClN3. The quantitative estimate of drug-likeness (QED) is 0.918. The number of halogens is 1. The van der Waals surface area contributed by atoms with Crippen LogP contribution in [0.3, 0.4) is 0 Å². The average molecular weight is 264 g/mol. The SMILES string of the molecule is Cc1ccccc1[C@@H](C)NCc1ncc(Cl)n1C. The summed E-state index contributed by atoms with van der Waals surface area (Å²) < 4.78 is 1.89. The summed E-state index contributed by atoms with van der Waals surface area (Å²) in [5.74, 6) is 0.945. The molecule has 0 aliphatic rings. The summed E-state index contributed by atoms with van der Waals surface area (Å²) >= 11 is 5.96. The highest BCUT2D eigenvalue weighted by atomic mass is 35.5. The number of nitrogens with zero attached hydrogens (tertiary/aromatic N) is 2. The van der Waals surface area contributed by atoms with Crippen LogP contribution in [-0.2, 0) is 13.6 Å². The number of aryl methyl sites for hydroxylation is 1. The molecule has 0 aliphatic heterocycles. The molecule has 1 aromatic carbocycles. The number of hydrogen-bond acceptors (Lipinski definition) is 2. The Labute approximate surface area is 113 Å². The van der Waals surface area contributed by atoms with Crippen molar-refractivity contribution in [3.63, 3.8) is 0 Å². The van der Waals surface area contributed by atoms with E-state index in [1.165, 1.54) is 11.1 Å². The standard InChI is InChI=1S/C14H18ClN3/c1-10-6-4-5-7-12(10)11(2)16-9-14-17-8-13(15)18(14)3/h4-8,11,16H,9H2,1-3H3/t11-/m1/s1. The van der Waals surface area contributed by atoms with Gasteiger partial charge in [-0.05, 0) is 25.0 Å². The van der Waals surface area contributed by atoms with Crippen LogP contribution in [0.15, 0.2) is 30.5 Å². The topological polar surface area (TPSA) is 29.9 Å². The Hall–Kier alpha value is -1.32. The third-order valence-corrected chi connectivity index (χ3v) is 3.60. The molecule has 0 amide bonds. The van der Waals surface area contributed by atoms with E-state index in [-0.39, 0.29) is 0 Å². The van der Waals surface area contributed by atoms with Crippen LogP contribution >= 0.6 is 11.6 Å². The Morgan fingerprint density at radius 2 is 2.11 bits per heavy atom. The first-order valence-electron chi connectivity index (χ1n) is 6.04. The molecule has 2 aromatic rings. The van der Waals surface area contributed by atoms with Crippen LogP contribution in [0, 0.1) is 6.92 Å². The third-order valence-electron chi connectivity index (χ3n) is 3.25. The van der Waals surface area contributed by atoms with Gasteiger partial charge in [0.05, 0.1) is 12.7 Å². The summed E-state index contributed by atoms with van der Waals surface area (Å²) in [5.41, 5.74) is 2.62. The Balaban J connectivity index is 2.03. The summed E-state index contributed by atoms with van der Waals surface area (Å²) in [6.45, 7) is 5.00. The lowest BCUT2D eigenvalue weighted by Gasteiger charge is -2.16. The van der Waals surface area contributed by atoms with Gasteiger partial charge in [-0.1, -0.05) is 35.9 Å². The summed E-state index contributed by atoms with van der Waals surface area (Å²) in [6, 6.07) is 8.70. The highest BCUT2D eigenvalue weighted by Gasteiger charge is 2.09. The Kier molecular flexibility index (Phi) is 4.04. The van der Waals surface area contributed by atoms with Gasteiger partial charge in [-0.2, -0.15) is 0 Å². The predicted molar refractivity (Wildman–Crippen MR) is 74.7 cm³/mol. The van der Waals surface area contributed by atoms with Crippen LogP contribution in [0.25, 0.3) is 0 Å². The third kappa shape index (κ3) is 2.74. The van der Waals surface area contributed by atoms with Crippen LogP contribution in [0.5, 0.6) is 0 Å². The van der Waals surface area contributed by atoms with E-state index < -0.39 is 0 Å². The fourth-order valence-electron chi connectivity index (χ4n) is 2.02. The molecule has 1 heterocycles. The maximum Gasteiger partial charge on any atom is 0.128 e. The first kappa shape index (κ1) is 13.1. The lowest BCUT2D eigenvalue weighted by Crippen LogP contribution is -2.20. The number of imidazole rings is 1. The summed E-state index contributed by atoms with van der Waals surface area (Å²) in [5, 5.41) is 4.13. The largest absolute Gasteiger partial charge is 0.321 e.